The Bertz CT molecular complexity index is 1240. The van der Waals surface area contributed by atoms with Crippen molar-refractivity contribution >= 4 is 16.7 Å². The predicted molar refractivity (Wildman–Crippen MR) is 107 cm³/mol. The van der Waals surface area contributed by atoms with Crippen LogP contribution in [0.3, 0.4) is 0 Å². The van der Waals surface area contributed by atoms with E-state index in [1.54, 1.807) is 42.5 Å². The number of hydrogen-bond acceptors (Lipinski definition) is 4. The molecule has 0 unspecified atom stereocenters. The Balaban J connectivity index is 1.71. The van der Waals surface area contributed by atoms with Crippen molar-refractivity contribution in [2.75, 3.05) is 0 Å². The van der Waals surface area contributed by atoms with Crippen LogP contribution in [0.15, 0.2) is 83.7 Å². The molecule has 0 spiro atoms. The average Bonchev–Trinajstić information content (AvgIpc) is 2.76. The molecule has 0 radical (unpaired) electrons. The van der Waals surface area contributed by atoms with Crippen molar-refractivity contribution in [1.82, 2.24) is 9.78 Å². The van der Waals surface area contributed by atoms with Gasteiger partial charge < -0.3 is 4.74 Å². The molecule has 5 nitrogen and oxygen atoms in total. The van der Waals surface area contributed by atoms with Gasteiger partial charge in [-0.05, 0) is 17.7 Å². The second kappa shape index (κ2) is 8.06. The van der Waals surface area contributed by atoms with Crippen LogP contribution in [0.5, 0.6) is 0 Å². The molecule has 0 aliphatic rings. The van der Waals surface area contributed by atoms with Crippen molar-refractivity contribution in [2.45, 2.75) is 13.2 Å². The molecule has 0 aliphatic carbocycles. The van der Waals surface area contributed by atoms with Crippen LogP contribution in [0.4, 0.5) is 4.39 Å². The van der Waals surface area contributed by atoms with E-state index < -0.39 is 11.8 Å². The van der Waals surface area contributed by atoms with Gasteiger partial charge in [0.2, 0.25) is 0 Å². The van der Waals surface area contributed by atoms with Crippen LogP contribution in [0.2, 0.25) is 0 Å². The van der Waals surface area contributed by atoms with Gasteiger partial charge in [0.05, 0.1) is 11.9 Å². The van der Waals surface area contributed by atoms with Crippen molar-refractivity contribution in [1.29, 1.82) is 0 Å². The average molecular weight is 388 g/mol. The minimum absolute atomic E-state index is 0.0208. The number of carbonyl (C=O) groups excluding carboxylic acids is 1. The highest BCUT2D eigenvalue weighted by Gasteiger charge is 2.18. The van der Waals surface area contributed by atoms with Crippen molar-refractivity contribution in [3.8, 4) is 0 Å². The molecule has 3 aromatic carbocycles. The number of fused-ring (bicyclic) bond motifs is 1. The molecular weight excluding hydrogens is 371 g/mol. The maximum absolute atomic E-state index is 13.8. The van der Waals surface area contributed by atoms with Gasteiger partial charge in [-0.15, -0.1) is 0 Å². The highest BCUT2D eigenvalue weighted by Crippen LogP contribution is 2.16. The van der Waals surface area contributed by atoms with Crippen molar-refractivity contribution in [3.63, 3.8) is 0 Å². The Morgan fingerprint density at radius 2 is 1.55 bits per heavy atom. The molecular formula is C23H17FN2O3. The van der Waals surface area contributed by atoms with Gasteiger partial charge >= 0.3 is 5.97 Å². The van der Waals surface area contributed by atoms with Crippen LogP contribution in [0, 0.1) is 5.82 Å². The second-order valence-corrected chi connectivity index (χ2v) is 6.51. The lowest BCUT2D eigenvalue weighted by Gasteiger charge is -2.11. The van der Waals surface area contributed by atoms with E-state index in [1.807, 2.05) is 30.3 Å². The van der Waals surface area contributed by atoms with Crippen molar-refractivity contribution in [2.24, 2.45) is 0 Å². The Hall–Kier alpha value is -3.80. The lowest BCUT2D eigenvalue weighted by molar-refractivity contribution is 0.0461. The zero-order chi connectivity index (χ0) is 20.2. The van der Waals surface area contributed by atoms with Crippen LogP contribution in [0.1, 0.15) is 21.6 Å². The van der Waals surface area contributed by atoms with Gasteiger partial charge in [-0.25, -0.2) is 13.9 Å². The Morgan fingerprint density at radius 3 is 2.31 bits per heavy atom. The molecule has 4 aromatic rings. The lowest BCUT2D eigenvalue weighted by Crippen LogP contribution is -2.27. The SMILES string of the molecule is O=C(OCc1ccccc1F)c1nn(Cc2ccccc2)c(=O)c2ccccc12. The summed E-state index contributed by atoms with van der Waals surface area (Å²) in [6.07, 6.45) is 0. The van der Waals surface area contributed by atoms with Crippen LogP contribution in [0.25, 0.3) is 10.8 Å². The fourth-order valence-corrected chi connectivity index (χ4v) is 3.08. The quantitative estimate of drug-likeness (QED) is 0.486. The lowest BCUT2D eigenvalue weighted by atomic mass is 10.1. The number of aromatic nitrogens is 2. The Labute approximate surface area is 166 Å². The molecule has 1 aromatic heterocycles. The number of ether oxygens (including phenoxy) is 1. The third kappa shape index (κ3) is 3.91. The van der Waals surface area contributed by atoms with Crippen LogP contribution >= 0.6 is 0 Å². The van der Waals surface area contributed by atoms with Gasteiger partial charge in [0, 0.05) is 10.9 Å². The molecule has 0 bridgehead atoms. The molecule has 0 atom stereocenters. The summed E-state index contributed by atoms with van der Waals surface area (Å²) in [7, 11) is 0. The topological polar surface area (TPSA) is 61.2 Å². The standard InChI is InChI=1S/C23H17FN2O3/c24-20-13-7-4-10-17(20)15-29-23(28)21-18-11-5-6-12-19(18)22(27)26(25-21)14-16-8-2-1-3-9-16/h1-13H,14-15H2. The highest BCUT2D eigenvalue weighted by atomic mass is 19.1. The summed E-state index contributed by atoms with van der Waals surface area (Å²) in [5, 5.41) is 5.04. The van der Waals surface area contributed by atoms with E-state index in [0.717, 1.165) is 5.56 Å². The fourth-order valence-electron chi connectivity index (χ4n) is 3.08. The normalized spacial score (nSPS) is 10.8. The molecule has 6 heteroatoms. The molecule has 4 rings (SSSR count). The number of rotatable bonds is 5. The number of halogens is 1. The molecule has 1 heterocycles. The fraction of sp³-hybridized carbons (Fsp3) is 0.0870. The molecule has 0 N–H and O–H groups in total. The first-order chi connectivity index (χ1) is 14.1. The van der Waals surface area contributed by atoms with E-state index in [2.05, 4.69) is 5.10 Å². The molecule has 144 valence electrons. The molecule has 0 saturated heterocycles. The summed E-state index contributed by atoms with van der Waals surface area (Å²) in [5.41, 5.74) is 0.869. The van der Waals surface area contributed by atoms with Gasteiger partial charge in [-0.2, -0.15) is 5.10 Å². The van der Waals surface area contributed by atoms with E-state index in [9.17, 15) is 14.0 Å². The monoisotopic (exact) mass is 388 g/mol. The number of carbonyl (C=O) groups is 1. The van der Waals surface area contributed by atoms with Gasteiger partial charge in [0.15, 0.2) is 5.69 Å². The highest BCUT2D eigenvalue weighted by molar-refractivity contribution is 6.02. The molecule has 0 aliphatic heterocycles. The van der Waals surface area contributed by atoms with Gasteiger partial charge in [-0.1, -0.05) is 66.7 Å². The summed E-state index contributed by atoms with van der Waals surface area (Å²) in [6, 6.07) is 22.2. The second-order valence-electron chi connectivity index (χ2n) is 6.51. The van der Waals surface area contributed by atoms with Gasteiger partial charge in [0.25, 0.3) is 5.56 Å². The summed E-state index contributed by atoms with van der Waals surface area (Å²) < 4.78 is 20.3. The Kier molecular flexibility index (Phi) is 5.16. The van der Waals surface area contributed by atoms with Crippen molar-refractivity contribution < 1.29 is 13.9 Å². The number of esters is 1. The summed E-state index contributed by atoms with van der Waals surface area (Å²) >= 11 is 0. The summed E-state index contributed by atoms with van der Waals surface area (Å²) in [6.45, 7) is -0.00255. The van der Waals surface area contributed by atoms with Crippen LogP contribution in [-0.4, -0.2) is 15.7 Å². The number of benzene rings is 3. The maximum Gasteiger partial charge on any atom is 0.359 e. The minimum atomic E-state index is -0.716. The summed E-state index contributed by atoms with van der Waals surface area (Å²) in [4.78, 5) is 25.6. The van der Waals surface area contributed by atoms with E-state index in [-0.39, 0.29) is 30.0 Å². The molecule has 0 fully saturated rings. The van der Waals surface area contributed by atoms with E-state index in [0.29, 0.717) is 10.8 Å². The van der Waals surface area contributed by atoms with Crippen LogP contribution < -0.4 is 5.56 Å². The first-order valence-corrected chi connectivity index (χ1v) is 9.08. The predicted octanol–water partition coefficient (Wildman–Crippen LogP) is 3.94. The molecule has 29 heavy (non-hydrogen) atoms. The first kappa shape index (κ1) is 18.6. The zero-order valence-electron chi connectivity index (χ0n) is 15.4. The van der Waals surface area contributed by atoms with Gasteiger partial charge in [0.1, 0.15) is 12.4 Å². The molecule has 0 saturated carbocycles. The van der Waals surface area contributed by atoms with E-state index in [1.165, 1.54) is 10.7 Å². The summed E-state index contributed by atoms with van der Waals surface area (Å²) in [5.74, 6) is -1.17. The number of hydrogen-bond donors (Lipinski definition) is 0. The third-order valence-electron chi connectivity index (χ3n) is 4.55. The van der Waals surface area contributed by atoms with Crippen LogP contribution in [-0.2, 0) is 17.9 Å². The maximum atomic E-state index is 13.8. The van der Waals surface area contributed by atoms with E-state index in [4.69, 9.17) is 4.74 Å². The first-order valence-electron chi connectivity index (χ1n) is 9.08. The minimum Gasteiger partial charge on any atom is -0.456 e. The van der Waals surface area contributed by atoms with Gasteiger partial charge in [-0.3, -0.25) is 4.79 Å². The number of nitrogens with zero attached hydrogens (tertiary/aromatic N) is 2. The van der Waals surface area contributed by atoms with Crippen molar-refractivity contribution in [3.05, 3.63) is 112 Å². The smallest absolute Gasteiger partial charge is 0.359 e. The third-order valence-corrected chi connectivity index (χ3v) is 4.55. The largest absolute Gasteiger partial charge is 0.456 e. The molecule has 0 amide bonds. The van der Waals surface area contributed by atoms with E-state index >= 15 is 0 Å². The Morgan fingerprint density at radius 1 is 0.897 bits per heavy atom. The zero-order valence-corrected chi connectivity index (χ0v) is 15.4.